The number of aromatic nitrogens is 2. The molecule has 1 rings (SSSR count). The molecule has 0 fully saturated rings. The highest BCUT2D eigenvalue weighted by Crippen LogP contribution is 2.21. The van der Waals surface area contributed by atoms with Gasteiger partial charge in [0.25, 0.3) is 5.56 Å². The van der Waals surface area contributed by atoms with Crippen LogP contribution in [-0.2, 0) is 0 Å². The van der Waals surface area contributed by atoms with Crippen molar-refractivity contribution < 1.29 is 0 Å². The summed E-state index contributed by atoms with van der Waals surface area (Å²) in [5, 5.41) is 9.30. The number of anilines is 1. The predicted octanol–water partition coefficient (Wildman–Crippen LogP) is 1.62. The molecule has 2 N–H and O–H groups in total. The minimum absolute atomic E-state index is 0.155. The Bertz CT molecular complexity index is 351. The average Bonchev–Trinajstić information content (AvgIpc) is 2.02. The lowest BCUT2D eigenvalue weighted by Gasteiger charge is -2.28. The Morgan fingerprint density at radius 3 is 2.64 bits per heavy atom. The monoisotopic (exact) mass is 195 g/mol. The summed E-state index contributed by atoms with van der Waals surface area (Å²) in [5.41, 5.74) is 0.732. The molecule has 78 valence electrons. The first-order valence-electron chi connectivity index (χ1n) is 4.71. The summed E-state index contributed by atoms with van der Waals surface area (Å²) < 4.78 is 0. The van der Waals surface area contributed by atoms with Crippen molar-refractivity contribution in [2.75, 3.05) is 5.32 Å². The summed E-state index contributed by atoms with van der Waals surface area (Å²) in [4.78, 5) is 11.0. The smallest absolute Gasteiger partial charge is 0.266 e. The molecular formula is C10H17N3O. The van der Waals surface area contributed by atoms with E-state index in [1.165, 1.54) is 6.07 Å². The maximum atomic E-state index is 11.0. The van der Waals surface area contributed by atoms with Crippen molar-refractivity contribution in [3.63, 3.8) is 0 Å². The van der Waals surface area contributed by atoms with Crippen LogP contribution in [0, 0.1) is 5.41 Å². The minimum Gasteiger partial charge on any atom is -0.381 e. The fourth-order valence-corrected chi connectivity index (χ4v) is 0.922. The second-order valence-electron chi connectivity index (χ2n) is 4.57. The van der Waals surface area contributed by atoms with E-state index in [-0.39, 0.29) is 17.0 Å². The fraction of sp³-hybridized carbons (Fsp3) is 0.600. The summed E-state index contributed by atoms with van der Waals surface area (Å²) >= 11 is 0. The normalized spacial score (nSPS) is 13.7. The molecule has 1 aromatic rings. The third kappa shape index (κ3) is 2.87. The van der Waals surface area contributed by atoms with Crippen LogP contribution in [0.3, 0.4) is 0 Å². The zero-order valence-corrected chi connectivity index (χ0v) is 9.09. The zero-order valence-electron chi connectivity index (χ0n) is 9.09. The van der Waals surface area contributed by atoms with Crippen molar-refractivity contribution in [1.29, 1.82) is 0 Å². The van der Waals surface area contributed by atoms with E-state index < -0.39 is 0 Å². The first kappa shape index (κ1) is 10.8. The molecule has 0 spiro atoms. The first-order chi connectivity index (χ1) is 6.39. The first-order valence-corrected chi connectivity index (χ1v) is 4.71. The molecule has 4 nitrogen and oxygen atoms in total. The molecule has 0 saturated heterocycles. The van der Waals surface area contributed by atoms with Gasteiger partial charge in [0.05, 0.1) is 11.9 Å². The molecule has 1 unspecified atom stereocenters. The number of nitrogens with one attached hydrogen (secondary N) is 2. The van der Waals surface area contributed by atoms with Crippen molar-refractivity contribution >= 4 is 5.69 Å². The standard InChI is InChI=1S/C10H17N3O/c1-7(10(2,3)4)12-8-5-9(14)13-11-6-8/h5-7H,1-4H3,(H2,12,13,14). The van der Waals surface area contributed by atoms with Gasteiger partial charge >= 0.3 is 0 Å². The number of hydrogen-bond acceptors (Lipinski definition) is 3. The highest BCUT2D eigenvalue weighted by molar-refractivity contribution is 5.39. The van der Waals surface area contributed by atoms with E-state index >= 15 is 0 Å². The SMILES string of the molecule is CC(Nc1cn[nH]c(=O)c1)C(C)(C)C. The lowest BCUT2D eigenvalue weighted by Crippen LogP contribution is -2.31. The van der Waals surface area contributed by atoms with Crippen molar-refractivity contribution in [2.24, 2.45) is 5.41 Å². The lowest BCUT2D eigenvalue weighted by atomic mass is 9.88. The summed E-state index contributed by atoms with van der Waals surface area (Å²) in [7, 11) is 0. The minimum atomic E-state index is -0.184. The Labute approximate surface area is 83.7 Å². The number of hydrogen-bond donors (Lipinski definition) is 2. The van der Waals surface area contributed by atoms with Crippen LogP contribution in [0.15, 0.2) is 17.1 Å². The van der Waals surface area contributed by atoms with E-state index in [9.17, 15) is 4.79 Å². The number of nitrogens with zero attached hydrogens (tertiary/aromatic N) is 1. The molecule has 0 aromatic carbocycles. The molecule has 1 aromatic heterocycles. The number of rotatable bonds is 2. The molecule has 0 aliphatic carbocycles. The number of H-pyrrole nitrogens is 1. The van der Waals surface area contributed by atoms with Crippen LogP contribution in [0.25, 0.3) is 0 Å². The van der Waals surface area contributed by atoms with Gasteiger partial charge in [-0.2, -0.15) is 5.10 Å². The third-order valence-electron chi connectivity index (χ3n) is 2.35. The van der Waals surface area contributed by atoms with Gasteiger partial charge in [0, 0.05) is 12.1 Å². The van der Waals surface area contributed by atoms with Gasteiger partial charge in [0.2, 0.25) is 0 Å². The molecule has 0 aliphatic heterocycles. The summed E-state index contributed by atoms with van der Waals surface area (Å²) in [5.74, 6) is 0. The molecule has 0 bridgehead atoms. The zero-order chi connectivity index (χ0) is 10.8. The largest absolute Gasteiger partial charge is 0.381 e. The van der Waals surface area contributed by atoms with Gasteiger partial charge < -0.3 is 5.32 Å². The molecule has 0 saturated carbocycles. The fourth-order valence-electron chi connectivity index (χ4n) is 0.922. The third-order valence-corrected chi connectivity index (χ3v) is 2.35. The molecule has 0 radical (unpaired) electrons. The Hall–Kier alpha value is -1.32. The second kappa shape index (κ2) is 3.82. The van der Waals surface area contributed by atoms with Crippen molar-refractivity contribution in [3.05, 3.63) is 22.6 Å². The summed E-state index contributed by atoms with van der Waals surface area (Å²) in [6, 6.07) is 1.79. The van der Waals surface area contributed by atoms with Crippen molar-refractivity contribution in [1.82, 2.24) is 10.2 Å². The van der Waals surface area contributed by atoms with Crippen molar-refractivity contribution in [3.8, 4) is 0 Å². The second-order valence-corrected chi connectivity index (χ2v) is 4.57. The van der Waals surface area contributed by atoms with Crippen LogP contribution in [0.2, 0.25) is 0 Å². The topological polar surface area (TPSA) is 57.8 Å². The van der Waals surface area contributed by atoms with Gasteiger partial charge in [-0.15, -0.1) is 0 Å². The predicted molar refractivity (Wildman–Crippen MR) is 57.4 cm³/mol. The highest BCUT2D eigenvalue weighted by atomic mass is 16.1. The van der Waals surface area contributed by atoms with E-state index in [0.717, 1.165) is 5.69 Å². The van der Waals surface area contributed by atoms with E-state index in [4.69, 9.17) is 0 Å². The van der Waals surface area contributed by atoms with Gasteiger partial charge in [-0.05, 0) is 12.3 Å². The maximum Gasteiger partial charge on any atom is 0.266 e. The van der Waals surface area contributed by atoms with Crippen LogP contribution in [0.4, 0.5) is 5.69 Å². The average molecular weight is 195 g/mol. The van der Waals surface area contributed by atoms with Crippen LogP contribution < -0.4 is 10.9 Å². The molecule has 4 heteroatoms. The Balaban J connectivity index is 2.75. The van der Waals surface area contributed by atoms with Crippen LogP contribution >= 0.6 is 0 Å². The van der Waals surface area contributed by atoms with E-state index in [2.05, 4.69) is 43.2 Å². The molecule has 1 heterocycles. The van der Waals surface area contributed by atoms with Gasteiger partial charge in [0.1, 0.15) is 0 Å². The molecule has 14 heavy (non-hydrogen) atoms. The Morgan fingerprint density at radius 1 is 1.50 bits per heavy atom. The number of aromatic amines is 1. The maximum absolute atomic E-state index is 11.0. The molecular weight excluding hydrogens is 178 g/mol. The van der Waals surface area contributed by atoms with Gasteiger partial charge in [-0.3, -0.25) is 4.79 Å². The van der Waals surface area contributed by atoms with E-state index in [1.807, 2.05) is 0 Å². The Morgan fingerprint density at radius 2 is 2.14 bits per heavy atom. The van der Waals surface area contributed by atoms with Crippen LogP contribution in [0.1, 0.15) is 27.7 Å². The Kier molecular flexibility index (Phi) is 2.93. The van der Waals surface area contributed by atoms with Gasteiger partial charge in [-0.1, -0.05) is 20.8 Å². The van der Waals surface area contributed by atoms with Crippen molar-refractivity contribution in [2.45, 2.75) is 33.7 Å². The quantitative estimate of drug-likeness (QED) is 0.753. The van der Waals surface area contributed by atoms with E-state index in [0.29, 0.717) is 0 Å². The van der Waals surface area contributed by atoms with Gasteiger partial charge in [-0.25, -0.2) is 5.10 Å². The van der Waals surface area contributed by atoms with Gasteiger partial charge in [0.15, 0.2) is 0 Å². The lowest BCUT2D eigenvalue weighted by molar-refractivity contribution is 0.359. The van der Waals surface area contributed by atoms with E-state index in [1.54, 1.807) is 6.20 Å². The molecule has 0 aliphatic rings. The molecule has 1 atom stereocenters. The van der Waals surface area contributed by atoms with Crippen LogP contribution in [0.5, 0.6) is 0 Å². The summed E-state index contributed by atoms with van der Waals surface area (Å²) in [6.45, 7) is 8.52. The van der Waals surface area contributed by atoms with Crippen LogP contribution in [-0.4, -0.2) is 16.2 Å². The molecule has 0 amide bonds. The summed E-state index contributed by atoms with van der Waals surface area (Å²) in [6.07, 6.45) is 1.61. The highest BCUT2D eigenvalue weighted by Gasteiger charge is 2.19.